The van der Waals surface area contributed by atoms with E-state index >= 15 is 0 Å². The normalized spacial score (nSPS) is 29.9. The summed E-state index contributed by atoms with van der Waals surface area (Å²) in [5.74, 6) is -0.589. The van der Waals surface area contributed by atoms with Gasteiger partial charge in [0.1, 0.15) is 0 Å². The minimum atomic E-state index is -0.716. The molecule has 0 bridgehead atoms. The first-order chi connectivity index (χ1) is 7.68. The Morgan fingerprint density at radius 1 is 1.44 bits per heavy atom. The number of benzene rings is 1. The molecule has 3 nitrogen and oxygen atoms in total. The van der Waals surface area contributed by atoms with Gasteiger partial charge in [0.2, 0.25) is 0 Å². The number of aliphatic carboxylic acids is 1. The molecule has 0 radical (unpaired) electrons. The quantitative estimate of drug-likeness (QED) is 0.795. The van der Waals surface area contributed by atoms with Crippen molar-refractivity contribution in [2.45, 2.75) is 18.8 Å². The molecule has 0 aromatic heterocycles. The second-order valence-corrected chi connectivity index (χ2v) is 4.50. The average Bonchev–Trinajstić information content (AvgIpc) is 2.30. The van der Waals surface area contributed by atoms with Crippen molar-refractivity contribution < 1.29 is 9.90 Å². The molecule has 2 rings (SSSR count). The highest BCUT2D eigenvalue weighted by Gasteiger charge is 2.46. The van der Waals surface area contributed by atoms with Gasteiger partial charge in [0, 0.05) is 0 Å². The van der Waals surface area contributed by atoms with Crippen molar-refractivity contribution in [2.24, 2.45) is 5.92 Å². The average molecular weight is 219 g/mol. The first kappa shape index (κ1) is 11.1. The van der Waals surface area contributed by atoms with E-state index in [0.29, 0.717) is 6.42 Å². The summed E-state index contributed by atoms with van der Waals surface area (Å²) in [6, 6.07) is 9.60. The Labute approximate surface area is 95.5 Å². The van der Waals surface area contributed by atoms with Gasteiger partial charge in [-0.3, -0.25) is 4.79 Å². The Kier molecular flexibility index (Phi) is 2.97. The molecule has 1 fully saturated rings. The van der Waals surface area contributed by atoms with Crippen molar-refractivity contribution >= 4 is 5.97 Å². The molecule has 1 heterocycles. The van der Waals surface area contributed by atoms with Gasteiger partial charge in [0.05, 0.1) is 5.41 Å². The van der Waals surface area contributed by atoms with E-state index in [4.69, 9.17) is 0 Å². The second kappa shape index (κ2) is 4.26. The first-order valence-electron chi connectivity index (χ1n) is 5.67. The number of hydrogen-bond acceptors (Lipinski definition) is 2. The number of hydrogen-bond donors (Lipinski definition) is 2. The van der Waals surface area contributed by atoms with Gasteiger partial charge in [0.25, 0.3) is 0 Å². The van der Waals surface area contributed by atoms with Gasteiger partial charge < -0.3 is 10.4 Å². The largest absolute Gasteiger partial charge is 0.481 e. The number of piperidine rings is 1. The molecule has 0 unspecified atom stereocenters. The fourth-order valence-corrected chi connectivity index (χ4v) is 2.63. The predicted molar refractivity (Wildman–Crippen MR) is 62.4 cm³/mol. The number of rotatable bonds is 2. The summed E-state index contributed by atoms with van der Waals surface area (Å²) in [5, 5.41) is 12.8. The van der Waals surface area contributed by atoms with Crippen LogP contribution in [-0.4, -0.2) is 24.2 Å². The third kappa shape index (κ3) is 1.61. The highest BCUT2D eigenvalue weighted by molar-refractivity contribution is 5.82. The molecule has 16 heavy (non-hydrogen) atoms. The maximum atomic E-state index is 11.7. The lowest BCUT2D eigenvalue weighted by molar-refractivity contribution is -0.147. The molecule has 86 valence electrons. The highest BCUT2D eigenvalue weighted by Crippen LogP contribution is 2.37. The van der Waals surface area contributed by atoms with E-state index < -0.39 is 11.4 Å². The third-order valence-corrected chi connectivity index (χ3v) is 3.66. The second-order valence-electron chi connectivity index (χ2n) is 4.50. The molecule has 1 aromatic carbocycles. The van der Waals surface area contributed by atoms with Gasteiger partial charge in [-0.2, -0.15) is 0 Å². The Bertz CT molecular complexity index is 377. The van der Waals surface area contributed by atoms with Crippen LogP contribution >= 0.6 is 0 Å². The Morgan fingerprint density at radius 2 is 2.12 bits per heavy atom. The lowest BCUT2D eigenvalue weighted by atomic mass is 9.67. The minimum absolute atomic E-state index is 0.112. The van der Waals surface area contributed by atoms with Gasteiger partial charge in [-0.15, -0.1) is 0 Å². The minimum Gasteiger partial charge on any atom is -0.481 e. The van der Waals surface area contributed by atoms with Gasteiger partial charge in [-0.1, -0.05) is 37.3 Å². The molecule has 2 atom stereocenters. The summed E-state index contributed by atoms with van der Waals surface area (Å²) in [7, 11) is 0. The summed E-state index contributed by atoms with van der Waals surface area (Å²) in [6.45, 7) is 3.54. The Morgan fingerprint density at radius 3 is 2.69 bits per heavy atom. The topological polar surface area (TPSA) is 49.3 Å². The first-order valence-corrected chi connectivity index (χ1v) is 5.67. The maximum Gasteiger partial charge on any atom is 0.314 e. The Balaban J connectivity index is 2.46. The maximum absolute atomic E-state index is 11.7. The van der Waals surface area contributed by atoms with Gasteiger partial charge >= 0.3 is 5.97 Å². The molecule has 1 aromatic rings. The van der Waals surface area contributed by atoms with Crippen molar-refractivity contribution in [1.82, 2.24) is 5.32 Å². The summed E-state index contributed by atoms with van der Waals surface area (Å²) < 4.78 is 0. The van der Waals surface area contributed by atoms with Crippen molar-refractivity contribution in [3.8, 4) is 0 Å². The Hall–Kier alpha value is -1.35. The number of carboxylic acid groups (broad SMARTS) is 1. The predicted octanol–water partition coefficient (Wildman–Crippen LogP) is 1.64. The van der Waals surface area contributed by atoms with E-state index in [1.54, 1.807) is 0 Å². The van der Waals surface area contributed by atoms with Crippen LogP contribution in [0.5, 0.6) is 0 Å². The van der Waals surface area contributed by atoms with Crippen LogP contribution in [0.1, 0.15) is 18.9 Å². The molecular weight excluding hydrogens is 202 g/mol. The molecule has 0 saturated carbocycles. The molecule has 0 aliphatic carbocycles. The zero-order chi connectivity index (χ0) is 11.6. The molecule has 1 aliphatic rings. The van der Waals surface area contributed by atoms with Crippen molar-refractivity contribution in [2.75, 3.05) is 13.1 Å². The zero-order valence-electron chi connectivity index (χ0n) is 9.44. The van der Waals surface area contributed by atoms with Crippen LogP contribution in [0.25, 0.3) is 0 Å². The zero-order valence-corrected chi connectivity index (χ0v) is 9.44. The van der Waals surface area contributed by atoms with E-state index in [-0.39, 0.29) is 5.92 Å². The monoisotopic (exact) mass is 219 g/mol. The van der Waals surface area contributed by atoms with E-state index in [1.165, 1.54) is 0 Å². The number of carbonyl (C=O) groups is 1. The van der Waals surface area contributed by atoms with Gasteiger partial charge in [-0.25, -0.2) is 0 Å². The van der Waals surface area contributed by atoms with Crippen LogP contribution in [0.3, 0.4) is 0 Å². The van der Waals surface area contributed by atoms with Crippen LogP contribution in [0.15, 0.2) is 30.3 Å². The van der Waals surface area contributed by atoms with Crippen LogP contribution < -0.4 is 5.32 Å². The van der Waals surface area contributed by atoms with Crippen LogP contribution in [0.2, 0.25) is 0 Å². The van der Waals surface area contributed by atoms with Crippen LogP contribution in [0, 0.1) is 5.92 Å². The SMILES string of the molecule is C[C@@H]1CNCC[C@@]1(C(=O)O)c1ccccc1. The summed E-state index contributed by atoms with van der Waals surface area (Å²) in [5.41, 5.74) is 0.212. The van der Waals surface area contributed by atoms with Crippen LogP contribution in [-0.2, 0) is 10.2 Å². The van der Waals surface area contributed by atoms with E-state index in [0.717, 1.165) is 18.7 Å². The number of nitrogens with one attached hydrogen (secondary N) is 1. The third-order valence-electron chi connectivity index (χ3n) is 3.66. The number of carboxylic acids is 1. The standard InChI is InChI=1S/C13H17NO2/c1-10-9-14-8-7-13(10,12(15)16)11-5-3-2-4-6-11/h2-6,10,14H,7-9H2,1H3,(H,15,16)/t10-,13+/m1/s1. The molecule has 3 heteroatoms. The molecule has 0 spiro atoms. The van der Waals surface area contributed by atoms with Crippen molar-refractivity contribution in [3.63, 3.8) is 0 Å². The fourth-order valence-electron chi connectivity index (χ4n) is 2.63. The molecule has 1 saturated heterocycles. The molecule has 0 amide bonds. The van der Waals surface area contributed by atoms with Gasteiger partial charge in [0.15, 0.2) is 0 Å². The summed E-state index contributed by atoms with van der Waals surface area (Å²) >= 11 is 0. The lowest BCUT2D eigenvalue weighted by Crippen LogP contribution is -2.51. The van der Waals surface area contributed by atoms with Crippen molar-refractivity contribution in [3.05, 3.63) is 35.9 Å². The highest BCUT2D eigenvalue weighted by atomic mass is 16.4. The van der Waals surface area contributed by atoms with Gasteiger partial charge in [-0.05, 0) is 31.0 Å². The lowest BCUT2D eigenvalue weighted by Gasteiger charge is -2.39. The molecule has 2 N–H and O–H groups in total. The molecular formula is C13H17NO2. The fraction of sp³-hybridized carbons (Fsp3) is 0.462. The van der Waals surface area contributed by atoms with E-state index in [9.17, 15) is 9.90 Å². The van der Waals surface area contributed by atoms with Crippen molar-refractivity contribution in [1.29, 1.82) is 0 Å². The molecule has 1 aliphatic heterocycles. The smallest absolute Gasteiger partial charge is 0.314 e. The van der Waals surface area contributed by atoms with E-state index in [1.807, 2.05) is 37.3 Å². The summed E-state index contributed by atoms with van der Waals surface area (Å²) in [4.78, 5) is 11.7. The summed E-state index contributed by atoms with van der Waals surface area (Å²) in [6.07, 6.45) is 0.660. The van der Waals surface area contributed by atoms with Crippen LogP contribution in [0.4, 0.5) is 0 Å². The van der Waals surface area contributed by atoms with E-state index in [2.05, 4.69) is 5.32 Å².